The smallest absolute Gasteiger partial charge is 0.387 e. The molecule has 0 heterocycles. The monoisotopic (exact) mass is 1180 g/mol. The molecule has 0 aliphatic heterocycles. The standard InChI is InChI=1S/C73H143N2O6P/c1-6-8-10-12-14-16-18-20-22-24-26-28-30-32-33-34-35-36-37-38-39-40-41-43-45-47-49-51-53-55-57-59-61-63-65-67-73(77)74-71(70-81-82(78,79)80-69-68-75(3,4)5)72(76)66-64-62-60-58-56-54-52-50-48-46-44-42-31-29-27-25-23-21-19-17-15-13-11-9-7-2/h30,32,34-35,64,66,71-72,76H,6-29,31,33,36-63,65,67-70H2,1-5H3,(H-,74,77,78,79)/p+1/b32-30-,35-34-,66-64+. The van der Waals surface area contributed by atoms with Gasteiger partial charge in [-0.05, 0) is 51.4 Å². The molecule has 82 heavy (non-hydrogen) atoms. The fourth-order valence-corrected chi connectivity index (χ4v) is 11.9. The Morgan fingerprint density at radius 3 is 1.00 bits per heavy atom. The molecular weight excluding hydrogens is 1030 g/mol. The molecule has 1 amide bonds. The number of phosphoric ester groups is 1. The molecule has 0 saturated carbocycles. The highest BCUT2D eigenvalue weighted by Crippen LogP contribution is 2.43. The number of likely N-dealkylation sites (N-methyl/N-ethyl adjacent to an activating group) is 1. The highest BCUT2D eigenvalue weighted by atomic mass is 31.2. The molecule has 0 rings (SSSR count). The van der Waals surface area contributed by atoms with E-state index in [0.717, 1.165) is 38.5 Å². The molecule has 0 bridgehead atoms. The minimum absolute atomic E-state index is 0.0633. The summed E-state index contributed by atoms with van der Waals surface area (Å²) in [7, 11) is 1.59. The molecule has 0 fully saturated rings. The Labute approximate surface area is 512 Å². The van der Waals surface area contributed by atoms with Gasteiger partial charge in [0.1, 0.15) is 13.2 Å². The van der Waals surface area contributed by atoms with Gasteiger partial charge in [0.25, 0.3) is 0 Å². The van der Waals surface area contributed by atoms with Gasteiger partial charge in [0.2, 0.25) is 5.91 Å². The van der Waals surface area contributed by atoms with Crippen LogP contribution >= 0.6 is 7.82 Å². The predicted octanol–water partition coefficient (Wildman–Crippen LogP) is 23.2. The molecule has 0 spiro atoms. The summed E-state index contributed by atoms with van der Waals surface area (Å²) in [5.74, 6) is -0.170. The zero-order chi connectivity index (χ0) is 59.8. The quantitative estimate of drug-likeness (QED) is 0.0243. The predicted molar refractivity (Wildman–Crippen MR) is 360 cm³/mol. The van der Waals surface area contributed by atoms with Crippen LogP contribution in [0.5, 0.6) is 0 Å². The summed E-state index contributed by atoms with van der Waals surface area (Å²) in [5.41, 5.74) is 0. The number of nitrogens with zero attached hydrogens (tertiary/aromatic N) is 1. The number of quaternary nitrogens is 1. The van der Waals surface area contributed by atoms with Crippen molar-refractivity contribution >= 4 is 13.7 Å². The summed E-state index contributed by atoms with van der Waals surface area (Å²) in [5, 5.41) is 14.0. The van der Waals surface area contributed by atoms with Gasteiger partial charge < -0.3 is 19.8 Å². The number of rotatable bonds is 68. The van der Waals surface area contributed by atoms with E-state index in [0.29, 0.717) is 17.4 Å². The Bertz CT molecular complexity index is 1430. The van der Waals surface area contributed by atoms with Crippen molar-refractivity contribution in [3.8, 4) is 0 Å². The molecule has 3 atom stereocenters. The third-order valence-corrected chi connectivity index (χ3v) is 17.8. The first-order valence-electron chi connectivity index (χ1n) is 36.4. The summed E-state index contributed by atoms with van der Waals surface area (Å²) in [6, 6.07) is -0.847. The first-order valence-corrected chi connectivity index (χ1v) is 37.9. The maximum absolute atomic E-state index is 13.1. The van der Waals surface area contributed by atoms with Crippen LogP contribution in [0.3, 0.4) is 0 Å². The van der Waals surface area contributed by atoms with Crippen molar-refractivity contribution in [1.29, 1.82) is 0 Å². The second-order valence-electron chi connectivity index (χ2n) is 26.3. The summed E-state index contributed by atoms with van der Waals surface area (Å²) in [6.45, 7) is 4.88. The molecule has 9 heteroatoms. The number of aliphatic hydroxyl groups is 1. The molecule has 3 N–H and O–H groups in total. The topological polar surface area (TPSA) is 105 Å². The highest BCUT2D eigenvalue weighted by molar-refractivity contribution is 7.47. The molecule has 3 unspecified atom stereocenters. The molecule has 0 aliphatic carbocycles. The number of carbonyl (C=O) groups excluding carboxylic acids is 1. The zero-order valence-electron chi connectivity index (χ0n) is 55.8. The Morgan fingerprint density at radius 1 is 0.415 bits per heavy atom. The number of phosphoric acid groups is 1. The van der Waals surface area contributed by atoms with Gasteiger partial charge in [-0.3, -0.25) is 13.8 Å². The first-order chi connectivity index (χ1) is 40.0. The molecule has 0 aromatic rings. The number of unbranched alkanes of at least 4 members (excludes halogenated alkanes) is 51. The minimum atomic E-state index is -4.35. The second-order valence-corrected chi connectivity index (χ2v) is 27.8. The number of hydrogen-bond acceptors (Lipinski definition) is 5. The van der Waals surface area contributed by atoms with Crippen molar-refractivity contribution in [1.82, 2.24) is 5.32 Å². The van der Waals surface area contributed by atoms with Crippen LogP contribution in [0.2, 0.25) is 0 Å². The number of hydrogen-bond donors (Lipinski definition) is 3. The molecular formula is C73H144N2O6P+. The van der Waals surface area contributed by atoms with Gasteiger partial charge in [0.15, 0.2) is 0 Å². The van der Waals surface area contributed by atoms with Crippen molar-refractivity contribution in [3.63, 3.8) is 0 Å². The third-order valence-electron chi connectivity index (χ3n) is 16.9. The lowest BCUT2D eigenvalue weighted by Crippen LogP contribution is -2.45. The van der Waals surface area contributed by atoms with E-state index < -0.39 is 20.0 Å². The van der Waals surface area contributed by atoms with E-state index >= 15 is 0 Å². The van der Waals surface area contributed by atoms with E-state index in [9.17, 15) is 19.4 Å². The lowest BCUT2D eigenvalue weighted by atomic mass is 10.0. The van der Waals surface area contributed by atoms with E-state index in [1.165, 1.54) is 315 Å². The summed E-state index contributed by atoms with van der Waals surface area (Å²) in [4.78, 5) is 23.4. The largest absolute Gasteiger partial charge is 0.472 e. The molecule has 0 aliphatic rings. The SMILES string of the molecule is CCCCCCCCCCCCC/C=C\C/C=C\CCCCCCCCCCCCCCCCCCCC(=O)NC(COP(=O)(O)OCC[N+](C)(C)C)C(O)/C=C/CCCCCCCCCCCCCCCCCCCCCCCCC. The lowest BCUT2D eigenvalue weighted by molar-refractivity contribution is -0.870. The van der Waals surface area contributed by atoms with Gasteiger partial charge in [-0.15, -0.1) is 0 Å². The number of allylic oxidation sites excluding steroid dienone is 5. The maximum atomic E-state index is 13.1. The van der Waals surface area contributed by atoms with Crippen LogP contribution in [0, 0.1) is 0 Å². The average Bonchev–Trinajstić information content (AvgIpc) is 3.45. The van der Waals surface area contributed by atoms with Crippen molar-refractivity contribution in [2.45, 2.75) is 386 Å². The number of aliphatic hydroxyl groups excluding tert-OH is 1. The van der Waals surface area contributed by atoms with E-state index in [-0.39, 0.29) is 19.1 Å². The van der Waals surface area contributed by atoms with Gasteiger partial charge >= 0.3 is 7.82 Å². The van der Waals surface area contributed by atoms with Gasteiger partial charge in [0, 0.05) is 6.42 Å². The lowest BCUT2D eigenvalue weighted by Gasteiger charge is -2.25. The van der Waals surface area contributed by atoms with Crippen LogP contribution < -0.4 is 5.32 Å². The molecule has 0 aromatic carbocycles. The molecule has 0 saturated heterocycles. The first kappa shape index (κ1) is 80.7. The second kappa shape index (κ2) is 64.2. The van der Waals surface area contributed by atoms with Gasteiger partial charge in [-0.2, -0.15) is 0 Å². The Balaban J connectivity index is 4.01. The maximum Gasteiger partial charge on any atom is 0.472 e. The third kappa shape index (κ3) is 66.2. The van der Waals surface area contributed by atoms with E-state index in [4.69, 9.17) is 9.05 Å². The fourth-order valence-electron chi connectivity index (χ4n) is 11.2. The summed E-state index contributed by atoms with van der Waals surface area (Å²) in [6.07, 6.45) is 85.9. The number of amides is 1. The Hall–Kier alpha value is -1.28. The van der Waals surface area contributed by atoms with Crippen molar-refractivity contribution in [2.24, 2.45) is 0 Å². The zero-order valence-corrected chi connectivity index (χ0v) is 56.7. The van der Waals surface area contributed by atoms with Crippen molar-refractivity contribution in [2.75, 3.05) is 40.9 Å². The summed E-state index contributed by atoms with van der Waals surface area (Å²) < 4.78 is 23.8. The average molecular weight is 1180 g/mol. The summed E-state index contributed by atoms with van der Waals surface area (Å²) >= 11 is 0. The molecule has 486 valence electrons. The minimum Gasteiger partial charge on any atom is -0.387 e. The van der Waals surface area contributed by atoms with E-state index in [1.807, 2.05) is 27.2 Å². The van der Waals surface area contributed by atoms with E-state index in [2.05, 4.69) is 43.5 Å². The Kier molecular flexibility index (Phi) is 63.2. The van der Waals surface area contributed by atoms with Gasteiger partial charge in [-0.1, -0.05) is 352 Å². The molecule has 8 nitrogen and oxygen atoms in total. The molecule has 0 radical (unpaired) electrons. The number of nitrogens with one attached hydrogen (secondary N) is 1. The van der Waals surface area contributed by atoms with E-state index in [1.54, 1.807) is 6.08 Å². The van der Waals surface area contributed by atoms with Crippen LogP contribution in [0.25, 0.3) is 0 Å². The van der Waals surface area contributed by atoms with Gasteiger partial charge in [0.05, 0.1) is 39.9 Å². The van der Waals surface area contributed by atoms with Crippen LogP contribution in [0.4, 0.5) is 0 Å². The Morgan fingerprint density at radius 2 is 0.695 bits per heavy atom. The van der Waals surface area contributed by atoms with Crippen LogP contribution in [0.1, 0.15) is 373 Å². The fraction of sp³-hybridized carbons (Fsp3) is 0.904. The van der Waals surface area contributed by atoms with Crippen molar-refractivity contribution in [3.05, 3.63) is 36.5 Å². The normalized spacial score (nSPS) is 13.8. The number of carbonyl (C=O) groups is 1. The van der Waals surface area contributed by atoms with Crippen LogP contribution in [-0.4, -0.2) is 73.4 Å². The van der Waals surface area contributed by atoms with Crippen LogP contribution in [0.15, 0.2) is 36.5 Å². The highest BCUT2D eigenvalue weighted by Gasteiger charge is 2.28. The molecule has 0 aromatic heterocycles. The van der Waals surface area contributed by atoms with Gasteiger partial charge in [-0.25, -0.2) is 4.57 Å². The van der Waals surface area contributed by atoms with Crippen molar-refractivity contribution < 1.29 is 32.9 Å². The van der Waals surface area contributed by atoms with Crippen LogP contribution in [-0.2, 0) is 18.4 Å².